The van der Waals surface area contributed by atoms with Crippen LogP contribution in [0.5, 0.6) is 0 Å². The van der Waals surface area contributed by atoms with Crippen molar-refractivity contribution in [3.05, 3.63) is 20.8 Å². The molecule has 1 fully saturated rings. The molecular formula is C12H16BrNO2S. The summed E-state index contributed by atoms with van der Waals surface area (Å²) in [5, 5.41) is 11.3. The predicted octanol–water partition coefficient (Wildman–Crippen LogP) is 2.89. The Morgan fingerprint density at radius 1 is 1.76 bits per heavy atom. The molecule has 1 aliphatic rings. The lowest BCUT2D eigenvalue weighted by Crippen LogP contribution is -2.37. The van der Waals surface area contributed by atoms with Crippen LogP contribution in [0.25, 0.3) is 0 Å². The minimum atomic E-state index is -0.345. The monoisotopic (exact) mass is 317 g/mol. The first-order valence-corrected chi connectivity index (χ1v) is 7.48. The van der Waals surface area contributed by atoms with Crippen LogP contribution in [0.4, 0.5) is 0 Å². The van der Waals surface area contributed by atoms with E-state index in [-0.39, 0.29) is 18.1 Å². The molecule has 2 unspecified atom stereocenters. The Morgan fingerprint density at radius 2 is 2.53 bits per heavy atom. The van der Waals surface area contributed by atoms with Crippen molar-refractivity contribution >= 4 is 33.2 Å². The van der Waals surface area contributed by atoms with E-state index >= 15 is 0 Å². The van der Waals surface area contributed by atoms with Crippen molar-refractivity contribution in [2.24, 2.45) is 0 Å². The van der Waals surface area contributed by atoms with Gasteiger partial charge in [-0.3, -0.25) is 4.79 Å². The van der Waals surface area contributed by atoms with Crippen LogP contribution in [-0.4, -0.2) is 34.6 Å². The Kier molecular flexibility index (Phi) is 4.22. The van der Waals surface area contributed by atoms with Crippen LogP contribution in [0.1, 0.15) is 36.5 Å². The third-order valence-electron chi connectivity index (χ3n) is 3.07. The number of nitrogens with zero attached hydrogens (tertiary/aromatic N) is 1. The first-order chi connectivity index (χ1) is 8.08. The molecule has 0 saturated carbocycles. The van der Waals surface area contributed by atoms with Gasteiger partial charge in [0.15, 0.2) is 0 Å². The standard InChI is InChI=1S/C12H16BrNO2S/c1-8(15)5-10-3-2-4-14(10)12(16)9-6-11(13)17-7-9/h6-8,10,15H,2-5H2,1H3. The fourth-order valence-electron chi connectivity index (χ4n) is 2.33. The summed E-state index contributed by atoms with van der Waals surface area (Å²) in [6.07, 6.45) is 2.37. The van der Waals surface area contributed by atoms with E-state index in [2.05, 4.69) is 15.9 Å². The summed E-state index contributed by atoms with van der Waals surface area (Å²) >= 11 is 4.90. The molecule has 0 bridgehead atoms. The number of carbonyl (C=O) groups excluding carboxylic acids is 1. The quantitative estimate of drug-likeness (QED) is 0.931. The minimum absolute atomic E-state index is 0.0927. The summed E-state index contributed by atoms with van der Waals surface area (Å²) in [5.41, 5.74) is 0.749. The SMILES string of the molecule is CC(O)CC1CCCN1C(=O)c1csc(Br)c1. The number of hydrogen-bond acceptors (Lipinski definition) is 3. The molecule has 94 valence electrons. The predicted molar refractivity (Wildman–Crippen MR) is 72.4 cm³/mol. The molecule has 2 heterocycles. The Hall–Kier alpha value is -0.390. The molecule has 5 heteroatoms. The maximum absolute atomic E-state index is 12.3. The number of likely N-dealkylation sites (tertiary alicyclic amines) is 1. The van der Waals surface area contributed by atoms with Gasteiger partial charge in [-0.1, -0.05) is 0 Å². The number of aliphatic hydroxyl groups is 1. The van der Waals surface area contributed by atoms with Crippen LogP contribution in [0, 0.1) is 0 Å². The van der Waals surface area contributed by atoms with Gasteiger partial charge < -0.3 is 10.0 Å². The molecule has 1 aliphatic heterocycles. The van der Waals surface area contributed by atoms with Crippen molar-refractivity contribution in [3.63, 3.8) is 0 Å². The summed E-state index contributed by atoms with van der Waals surface area (Å²) in [4.78, 5) is 14.2. The lowest BCUT2D eigenvalue weighted by Gasteiger charge is -2.25. The second-order valence-electron chi connectivity index (χ2n) is 4.52. The Balaban J connectivity index is 2.08. The largest absolute Gasteiger partial charge is 0.393 e. The maximum Gasteiger partial charge on any atom is 0.254 e. The highest BCUT2D eigenvalue weighted by molar-refractivity contribution is 9.11. The normalized spacial score (nSPS) is 21.8. The summed E-state index contributed by atoms with van der Waals surface area (Å²) in [6, 6.07) is 2.06. The van der Waals surface area contributed by atoms with Gasteiger partial charge in [-0.25, -0.2) is 0 Å². The highest BCUT2D eigenvalue weighted by Gasteiger charge is 2.30. The van der Waals surface area contributed by atoms with Crippen molar-refractivity contribution in [2.75, 3.05) is 6.54 Å². The zero-order valence-corrected chi connectivity index (χ0v) is 12.1. The molecular weight excluding hydrogens is 302 g/mol. The summed E-state index contributed by atoms with van der Waals surface area (Å²) in [7, 11) is 0. The van der Waals surface area contributed by atoms with E-state index < -0.39 is 0 Å². The van der Waals surface area contributed by atoms with E-state index in [4.69, 9.17) is 0 Å². The van der Waals surface area contributed by atoms with Crippen molar-refractivity contribution in [3.8, 4) is 0 Å². The Labute approximate surface area is 114 Å². The molecule has 0 spiro atoms. The van der Waals surface area contributed by atoms with Crippen molar-refractivity contribution in [1.29, 1.82) is 0 Å². The molecule has 1 aromatic heterocycles. The molecule has 2 rings (SSSR count). The Bertz CT molecular complexity index is 405. The number of thiophene rings is 1. The molecule has 1 N–H and O–H groups in total. The maximum atomic E-state index is 12.3. The molecule has 1 saturated heterocycles. The van der Waals surface area contributed by atoms with E-state index in [0.29, 0.717) is 6.42 Å². The third-order valence-corrected chi connectivity index (χ3v) is 4.57. The third kappa shape index (κ3) is 3.09. The van der Waals surface area contributed by atoms with Crippen molar-refractivity contribution in [1.82, 2.24) is 4.90 Å². The van der Waals surface area contributed by atoms with E-state index in [1.165, 1.54) is 11.3 Å². The molecule has 3 nitrogen and oxygen atoms in total. The minimum Gasteiger partial charge on any atom is -0.393 e. The lowest BCUT2D eigenvalue weighted by atomic mass is 10.1. The first kappa shape index (κ1) is 13.1. The molecule has 17 heavy (non-hydrogen) atoms. The zero-order chi connectivity index (χ0) is 12.4. The van der Waals surface area contributed by atoms with Gasteiger partial charge in [0.05, 0.1) is 15.5 Å². The molecule has 0 aromatic carbocycles. The highest BCUT2D eigenvalue weighted by atomic mass is 79.9. The smallest absolute Gasteiger partial charge is 0.254 e. The van der Waals surface area contributed by atoms with E-state index in [0.717, 1.165) is 28.7 Å². The number of carbonyl (C=O) groups is 1. The van der Waals surface area contributed by atoms with Gasteiger partial charge in [-0.15, -0.1) is 11.3 Å². The highest BCUT2D eigenvalue weighted by Crippen LogP contribution is 2.27. The van der Waals surface area contributed by atoms with Crippen molar-refractivity contribution in [2.45, 2.75) is 38.3 Å². The fourth-order valence-corrected chi connectivity index (χ4v) is 3.46. The van der Waals surface area contributed by atoms with Crippen LogP contribution in [0.2, 0.25) is 0 Å². The van der Waals surface area contributed by atoms with Crippen LogP contribution in [0.15, 0.2) is 15.2 Å². The number of amides is 1. The molecule has 1 amide bonds. The Morgan fingerprint density at radius 3 is 3.12 bits per heavy atom. The summed E-state index contributed by atoms with van der Waals surface area (Å²) < 4.78 is 0.979. The van der Waals surface area contributed by atoms with E-state index in [9.17, 15) is 9.90 Å². The van der Waals surface area contributed by atoms with E-state index in [1.54, 1.807) is 6.92 Å². The number of aliphatic hydroxyl groups excluding tert-OH is 1. The van der Waals surface area contributed by atoms with Gasteiger partial charge in [0.2, 0.25) is 0 Å². The zero-order valence-electron chi connectivity index (χ0n) is 9.73. The van der Waals surface area contributed by atoms with Gasteiger partial charge in [0, 0.05) is 18.0 Å². The number of halogens is 1. The van der Waals surface area contributed by atoms with Gasteiger partial charge in [0.1, 0.15) is 0 Å². The van der Waals surface area contributed by atoms with Gasteiger partial charge in [-0.2, -0.15) is 0 Å². The first-order valence-electron chi connectivity index (χ1n) is 5.81. The average Bonchev–Trinajstić information content (AvgIpc) is 2.85. The summed E-state index contributed by atoms with van der Waals surface area (Å²) in [6.45, 7) is 2.59. The fraction of sp³-hybridized carbons (Fsp3) is 0.583. The molecule has 2 atom stereocenters. The van der Waals surface area contributed by atoms with Gasteiger partial charge in [0.25, 0.3) is 5.91 Å². The molecule has 0 aliphatic carbocycles. The van der Waals surface area contributed by atoms with Gasteiger partial charge in [-0.05, 0) is 48.2 Å². The second-order valence-corrected chi connectivity index (χ2v) is 6.81. The summed E-state index contributed by atoms with van der Waals surface area (Å²) in [5.74, 6) is 0.0927. The molecule has 0 radical (unpaired) electrons. The average molecular weight is 318 g/mol. The molecule has 1 aromatic rings. The van der Waals surface area contributed by atoms with Crippen LogP contribution < -0.4 is 0 Å². The van der Waals surface area contributed by atoms with Crippen LogP contribution >= 0.6 is 27.3 Å². The number of hydrogen-bond donors (Lipinski definition) is 1. The lowest BCUT2D eigenvalue weighted by molar-refractivity contribution is 0.0682. The van der Waals surface area contributed by atoms with Crippen molar-refractivity contribution < 1.29 is 9.90 Å². The second kappa shape index (κ2) is 5.50. The van der Waals surface area contributed by atoms with Gasteiger partial charge >= 0.3 is 0 Å². The number of rotatable bonds is 3. The van der Waals surface area contributed by atoms with Crippen LogP contribution in [0.3, 0.4) is 0 Å². The van der Waals surface area contributed by atoms with E-state index in [1.807, 2.05) is 16.3 Å². The van der Waals surface area contributed by atoms with Crippen LogP contribution in [-0.2, 0) is 0 Å². The topological polar surface area (TPSA) is 40.5 Å².